The summed E-state index contributed by atoms with van der Waals surface area (Å²) in [5.41, 5.74) is 9.19. The second-order valence-corrected chi connectivity index (χ2v) is 4.33. The molecule has 0 saturated carbocycles. The zero-order valence-corrected chi connectivity index (χ0v) is 10.3. The van der Waals surface area contributed by atoms with Crippen molar-refractivity contribution >= 4 is 22.7 Å². The van der Waals surface area contributed by atoms with Gasteiger partial charge in [0.25, 0.3) is 0 Å². The van der Waals surface area contributed by atoms with E-state index < -0.39 is 0 Å². The fraction of sp³-hybridized carbons (Fsp3) is 0.417. The molecular weight excluding hydrogens is 230 g/mol. The average Bonchev–Trinajstić information content (AvgIpc) is 2.81. The van der Waals surface area contributed by atoms with E-state index in [2.05, 4.69) is 21.0 Å². The Bertz CT molecular complexity index is 616. The van der Waals surface area contributed by atoms with E-state index in [1.54, 1.807) is 13.4 Å². The second kappa shape index (κ2) is 4.29. The third-order valence-corrected chi connectivity index (χ3v) is 3.18. The standard InChI is InChI=1S/C12H15N5O/c1-18-17-7-14-10-9(8-5-3-2-4-6-8)15-12(13)16-11(10)17/h5,7H,2-4,6H2,1H3,(H2,13,15,16). The summed E-state index contributed by atoms with van der Waals surface area (Å²) in [6.07, 6.45) is 8.33. The van der Waals surface area contributed by atoms with E-state index in [0.717, 1.165) is 24.1 Å². The molecule has 2 aromatic rings. The van der Waals surface area contributed by atoms with Gasteiger partial charge in [0.2, 0.25) is 11.6 Å². The molecule has 6 heteroatoms. The van der Waals surface area contributed by atoms with E-state index in [9.17, 15) is 0 Å². The molecule has 3 rings (SSSR count). The summed E-state index contributed by atoms with van der Waals surface area (Å²) in [6, 6.07) is 0. The Morgan fingerprint density at radius 1 is 1.33 bits per heavy atom. The van der Waals surface area contributed by atoms with Crippen molar-refractivity contribution in [2.24, 2.45) is 0 Å². The van der Waals surface area contributed by atoms with Crippen LogP contribution < -0.4 is 10.6 Å². The lowest BCUT2D eigenvalue weighted by atomic mass is 9.96. The predicted octanol–water partition coefficient (Wildman–Crippen LogP) is 1.42. The van der Waals surface area contributed by atoms with Crippen LogP contribution in [0.25, 0.3) is 16.7 Å². The van der Waals surface area contributed by atoms with Crippen molar-refractivity contribution in [1.29, 1.82) is 0 Å². The van der Waals surface area contributed by atoms with Gasteiger partial charge in [-0.1, -0.05) is 6.08 Å². The smallest absolute Gasteiger partial charge is 0.222 e. The highest BCUT2D eigenvalue weighted by molar-refractivity contribution is 5.85. The Kier molecular flexibility index (Phi) is 2.62. The van der Waals surface area contributed by atoms with Crippen LogP contribution in [0.15, 0.2) is 12.4 Å². The first kappa shape index (κ1) is 11.0. The molecule has 6 nitrogen and oxygen atoms in total. The maximum absolute atomic E-state index is 5.77. The molecule has 0 aliphatic heterocycles. The van der Waals surface area contributed by atoms with E-state index >= 15 is 0 Å². The third kappa shape index (κ3) is 1.70. The van der Waals surface area contributed by atoms with Gasteiger partial charge < -0.3 is 10.6 Å². The maximum Gasteiger partial charge on any atom is 0.222 e. The first-order valence-electron chi connectivity index (χ1n) is 6.04. The number of nitrogens with zero attached hydrogens (tertiary/aromatic N) is 4. The van der Waals surface area contributed by atoms with Gasteiger partial charge in [0, 0.05) is 0 Å². The van der Waals surface area contributed by atoms with Crippen LogP contribution in [-0.4, -0.2) is 26.8 Å². The number of nitrogen functional groups attached to an aromatic ring is 1. The van der Waals surface area contributed by atoms with Gasteiger partial charge in [0.05, 0.1) is 5.69 Å². The highest BCUT2D eigenvalue weighted by Gasteiger charge is 2.17. The number of nitrogens with two attached hydrogens (primary N) is 1. The molecule has 94 valence electrons. The van der Waals surface area contributed by atoms with Crippen LogP contribution in [0.5, 0.6) is 0 Å². The highest BCUT2D eigenvalue weighted by atomic mass is 16.6. The van der Waals surface area contributed by atoms with E-state index in [1.807, 2.05) is 0 Å². The summed E-state index contributed by atoms with van der Waals surface area (Å²) in [7, 11) is 1.57. The number of anilines is 1. The molecule has 0 bridgehead atoms. The number of aromatic nitrogens is 4. The number of fused-ring (bicyclic) bond motifs is 1. The van der Waals surface area contributed by atoms with E-state index in [-0.39, 0.29) is 5.95 Å². The minimum absolute atomic E-state index is 0.253. The van der Waals surface area contributed by atoms with Crippen LogP contribution in [0.4, 0.5) is 5.95 Å². The first-order valence-corrected chi connectivity index (χ1v) is 6.04. The Morgan fingerprint density at radius 3 is 2.94 bits per heavy atom. The van der Waals surface area contributed by atoms with Gasteiger partial charge in [0.1, 0.15) is 19.0 Å². The van der Waals surface area contributed by atoms with E-state index in [4.69, 9.17) is 10.6 Å². The lowest BCUT2D eigenvalue weighted by molar-refractivity contribution is 0.176. The van der Waals surface area contributed by atoms with E-state index in [1.165, 1.54) is 23.1 Å². The zero-order valence-electron chi connectivity index (χ0n) is 10.3. The number of hydrogen-bond donors (Lipinski definition) is 1. The third-order valence-electron chi connectivity index (χ3n) is 3.18. The molecule has 0 amide bonds. The molecule has 0 spiro atoms. The van der Waals surface area contributed by atoms with Crippen molar-refractivity contribution in [3.8, 4) is 0 Å². The predicted molar refractivity (Wildman–Crippen MR) is 68.7 cm³/mol. The minimum atomic E-state index is 0.253. The number of allylic oxidation sites excluding steroid dienone is 2. The second-order valence-electron chi connectivity index (χ2n) is 4.33. The summed E-state index contributed by atoms with van der Waals surface area (Å²) >= 11 is 0. The molecule has 2 N–H and O–H groups in total. The van der Waals surface area contributed by atoms with Crippen LogP contribution >= 0.6 is 0 Å². The van der Waals surface area contributed by atoms with Crippen LogP contribution in [0.3, 0.4) is 0 Å². The molecule has 0 saturated heterocycles. The van der Waals surface area contributed by atoms with Crippen molar-refractivity contribution in [2.45, 2.75) is 25.7 Å². The summed E-state index contributed by atoms with van der Waals surface area (Å²) < 4.78 is 1.50. The SMILES string of the molecule is COn1cnc2c(C3=CCCCC3)nc(N)nc21. The Balaban J connectivity index is 2.21. The summed E-state index contributed by atoms with van der Waals surface area (Å²) in [5.74, 6) is 0.253. The quantitative estimate of drug-likeness (QED) is 0.865. The monoisotopic (exact) mass is 245 g/mol. The first-order chi connectivity index (χ1) is 8.79. The van der Waals surface area contributed by atoms with Crippen molar-refractivity contribution in [2.75, 3.05) is 12.8 Å². The van der Waals surface area contributed by atoms with Gasteiger partial charge in [-0.3, -0.25) is 0 Å². The summed E-state index contributed by atoms with van der Waals surface area (Å²) in [4.78, 5) is 18.0. The average molecular weight is 245 g/mol. The molecule has 0 unspecified atom stereocenters. The lowest BCUT2D eigenvalue weighted by Crippen LogP contribution is -2.07. The van der Waals surface area contributed by atoms with Crippen LogP contribution in [-0.2, 0) is 0 Å². The molecule has 2 aromatic heterocycles. The fourth-order valence-corrected chi connectivity index (χ4v) is 2.31. The summed E-state index contributed by atoms with van der Waals surface area (Å²) in [5, 5.41) is 0. The highest BCUT2D eigenvalue weighted by Crippen LogP contribution is 2.29. The van der Waals surface area contributed by atoms with Gasteiger partial charge in [0.15, 0.2) is 0 Å². The fourth-order valence-electron chi connectivity index (χ4n) is 2.31. The normalized spacial score (nSPS) is 15.7. The molecule has 0 radical (unpaired) electrons. The van der Waals surface area contributed by atoms with Gasteiger partial charge in [-0.05, 0) is 31.3 Å². The number of hydrogen-bond acceptors (Lipinski definition) is 5. The van der Waals surface area contributed by atoms with Gasteiger partial charge in [-0.15, -0.1) is 0 Å². The largest absolute Gasteiger partial charge is 0.414 e. The van der Waals surface area contributed by atoms with Crippen molar-refractivity contribution < 1.29 is 4.84 Å². The minimum Gasteiger partial charge on any atom is -0.414 e. The molecule has 0 aromatic carbocycles. The number of rotatable bonds is 2. The molecule has 1 aliphatic carbocycles. The molecule has 0 fully saturated rings. The van der Waals surface area contributed by atoms with Gasteiger partial charge >= 0.3 is 0 Å². The zero-order chi connectivity index (χ0) is 12.5. The Hall–Kier alpha value is -2.11. The molecule has 18 heavy (non-hydrogen) atoms. The molecular formula is C12H15N5O. The Morgan fingerprint density at radius 2 is 2.22 bits per heavy atom. The van der Waals surface area contributed by atoms with Crippen molar-refractivity contribution in [1.82, 2.24) is 19.7 Å². The Labute approximate surface area is 104 Å². The molecule has 0 atom stereocenters. The van der Waals surface area contributed by atoms with Crippen LogP contribution in [0, 0.1) is 0 Å². The van der Waals surface area contributed by atoms with Gasteiger partial charge in [-0.25, -0.2) is 9.97 Å². The molecule has 2 heterocycles. The van der Waals surface area contributed by atoms with Gasteiger partial charge in [-0.2, -0.15) is 9.71 Å². The number of imidazole rings is 1. The van der Waals surface area contributed by atoms with E-state index in [0.29, 0.717) is 5.65 Å². The molecule has 1 aliphatic rings. The van der Waals surface area contributed by atoms with Crippen molar-refractivity contribution in [3.05, 3.63) is 18.1 Å². The maximum atomic E-state index is 5.77. The lowest BCUT2D eigenvalue weighted by Gasteiger charge is -2.12. The van der Waals surface area contributed by atoms with Crippen LogP contribution in [0.1, 0.15) is 31.4 Å². The summed E-state index contributed by atoms with van der Waals surface area (Å²) in [6.45, 7) is 0. The topological polar surface area (TPSA) is 78.8 Å². The van der Waals surface area contributed by atoms with Crippen molar-refractivity contribution in [3.63, 3.8) is 0 Å². The van der Waals surface area contributed by atoms with Crippen LogP contribution in [0.2, 0.25) is 0 Å².